The average Bonchev–Trinajstić information content (AvgIpc) is 3.52. The summed E-state index contributed by atoms with van der Waals surface area (Å²) in [5, 5.41) is 14.6. The highest BCUT2D eigenvalue weighted by atomic mass is 19.1. The Kier molecular flexibility index (Phi) is 9.44. The number of likely N-dealkylation sites (tertiary alicyclic amines) is 1. The molecule has 0 bridgehead atoms. The summed E-state index contributed by atoms with van der Waals surface area (Å²) < 4.78 is 25.7. The number of aromatic nitrogens is 3. The molecule has 0 radical (unpaired) electrons. The Hall–Kier alpha value is -5.29. The summed E-state index contributed by atoms with van der Waals surface area (Å²) in [5.74, 6) is 0.328. The lowest BCUT2D eigenvalue weighted by atomic mass is 9.95. The van der Waals surface area contributed by atoms with Gasteiger partial charge in [-0.15, -0.1) is 0 Å². The van der Waals surface area contributed by atoms with Crippen molar-refractivity contribution in [2.24, 2.45) is 0 Å². The van der Waals surface area contributed by atoms with Crippen LogP contribution in [0.25, 0.3) is 22.2 Å². The topological polar surface area (TPSA) is 121 Å². The van der Waals surface area contributed by atoms with Crippen LogP contribution in [0.5, 0.6) is 11.5 Å². The van der Waals surface area contributed by atoms with Crippen LogP contribution >= 0.6 is 0 Å². The highest BCUT2D eigenvalue weighted by Gasteiger charge is 2.35. The van der Waals surface area contributed by atoms with Crippen molar-refractivity contribution >= 4 is 22.7 Å². The van der Waals surface area contributed by atoms with Crippen molar-refractivity contribution in [1.29, 1.82) is 0 Å². The summed E-state index contributed by atoms with van der Waals surface area (Å²) in [7, 11) is 3.10. The molecular formula is C36H37FN6O4. The lowest BCUT2D eigenvalue weighted by Crippen LogP contribution is -2.56. The Morgan fingerprint density at radius 3 is 2.62 bits per heavy atom. The molecule has 1 aliphatic rings. The van der Waals surface area contributed by atoms with Crippen molar-refractivity contribution in [3.8, 4) is 22.8 Å². The molecule has 2 atom stereocenters. The van der Waals surface area contributed by atoms with E-state index in [1.807, 2.05) is 60.4 Å². The predicted octanol–water partition coefficient (Wildman–Crippen LogP) is 5.17. The van der Waals surface area contributed by atoms with Crippen LogP contribution in [0, 0.1) is 12.7 Å². The number of ether oxygens (including phenoxy) is 2. The number of piperidine rings is 1. The lowest BCUT2D eigenvalue weighted by molar-refractivity contribution is -0.128. The number of amides is 2. The number of hydrogen-bond acceptors (Lipinski definition) is 7. The number of carbonyl (C=O) groups excluding carboxylic acids is 2. The van der Waals surface area contributed by atoms with Crippen molar-refractivity contribution in [1.82, 2.24) is 30.7 Å². The number of halogens is 1. The van der Waals surface area contributed by atoms with Gasteiger partial charge in [0.2, 0.25) is 5.91 Å². The lowest BCUT2D eigenvalue weighted by Gasteiger charge is -2.39. The Labute approximate surface area is 272 Å². The molecule has 11 heteroatoms. The van der Waals surface area contributed by atoms with Gasteiger partial charge in [-0.2, -0.15) is 5.10 Å². The van der Waals surface area contributed by atoms with Gasteiger partial charge in [0, 0.05) is 59.6 Å². The number of carbonyl (C=O) groups is 2. The summed E-state index contributed by atoms with van der Waals surface area (Å²) in [6, 6.07) is 20.6. The molecule has 1 saturated heterocycles. The molecule has 3 N–H and O–H groups in total. The second kappa shape index (κ2) is 14.0. The number of nitrogens with one attached hydrogen (secondary N) is 3. The minimum Gasteiger partial charge on any atom is -0.497 e. The second-order valence-corrected chi connectivity index (χ2v) is 11.7. The fourth-order valence-corrected chi connectivity index (χ4v) is 6.11. The number of aromatic amines is 1. The minimum absolute atomic E-state index is 0.137. The van der Waals surface area contributed by atoms with Crippen LogP contribution in [-0.4, -0.2) is 64.7 Å². The maximum absolute atomic E-state index is 15.1. The average molecular weight is 637 g/mol. The monoisotopic (exact) mass is 636 g/mol. The summed E-state index contributed by atoms with van der Waals surface area (Å²) in [6.45, 7) is 2.74. The molecule has 3 aromatic carbocycles. The normalized spacial score (nSPS) is 16.5. The zero-order valence-electron chi connectivity index (χ0n) is 26.5. The first-order valence-electron chi connectivity index (χ1n) is 15.5. The third-order valence-corrected chi connectivity index (χ3v) is 8.60. The van der Waals surface area contributed by atoms with Crippen molar-refractivity contribution in [2.45, 2.75) is 44.9 Å². The van der Waals surface area contributed by atoms with Crippen molar-refractivity contribution in [3.05, 3.63) is 107 Å². The number of pyridine rings is 1. The summed E-state index contributed by atoms with van der Waals surface area (Å²) in [5.41, 5.74) is 5.12. The molecule has 3 heterocycles. The third-order valence-electron chi connectivity index (χ3n) is 8.60. The standard InChI is InChI=1S/C36H37FN6O4/c1-22-17-24(15-16-38-22)34-28-18-25(9-13-31(28)41-42-34)35(44)40-26-10-14-32(36(45)39-19-23-7-11-27(46-2)12-8-23)43(20-26)21-29-30(37)5-4-6-33(29)47-3/h4-9,11-13,15-18,26,32H,10,14,19-21H2,1-3H3,(H,39,45)(H,40,44)(H,41,42)/t26-,32+/m1/s1. The van der Waals surface area contributed by atoms with E-state index in [1.165, 1.54) is 13.2 Å². The van der Waals surface area contributed by atoms with Crippen LogP contribution in [0.1, 0.15) is 40.0 Å². The Bertz CT molecular complexity index is 1890. The van der Waals surface area contributed by atoms with Gasteiger partial charge in [0.15, 0.2) is 0 Å². The Morgan fingerprint density at radius 2 is 1.85 bits per heavy atom. The van der Waals surface area contributed by atoms with Gasteiger partial charge in [0.1, 0.15) is 23.0 Å². The van der Waals surface area contributed by atoms with Gasteiger partial charge in [0.05, 0.1) is 25.8 Å². The molecule has 0 aliphatic carbocycles. The largest absolute Gasteiger partial charge is 0.497 e. The first kappa shape index (κ1) is 31.7. The molecule has 1 aliphatic heterocycles. The van der Waals surface area contributed by atoms with E-state index < -0.39 is 11.9 Å². The zero-order chi connectivity index (χ0) is 32.9. The number of aryl methyl sites for hydroxylation is 1. The molecule has 5 aromatic rings. The van der Waals surface area contributed by atoms with E-state index in [-0.39, 0.29) is 24.4 Å². The van der Waals surface area contributed by atoms with Crippen LogP contribution in [-0.2, 0) is 17.9 Å². The Morgan fingerprint density at radius 1 is 1.02 bits per heavy atom. The van der Waals surface area contributed by atoms with Crippen molar-refractivity contribution in [3.63, 3.8) is 0 Å². The molecule has 0 unspecified atom stereocenters. The fraction of sp³-hybridized carbons (Fsp3) is 0.278. The first-order chi connectivity index (χ1) is 22.8. The summed E-state index contributed by atoms with van der Waals surface area (Å²) >= 11 is 0. The maximum Gasteiger partial charge on any atom is 0.251 e. The molecule has 10 nitrogen and oxygen atoms in total. The van der Waals surface area contributed by atoms with Crippen LogP contribution in [0.3, 0.4) is 0 Å². The molecule has 47 heavy (non-hydrogen) atoms. The van der Waals surface area contributed by atoms with Gasteiger partial charge in [-0.1, -0.05) is 18.2 Å². The fourth-order valence-electron chi connectivity index (χ4n) is 6.11. The first-order valence-corrected chi connectivity index (χ1v) is 15.5. The van der Waals surface area contributed by atoms with Gasteiger partial charge >= 0.3 is 0 Å². The van der Waals surface area contributed by atoms with E-state index in [4.69, 9.17) is 9.47 Å². The molecule has 2 amide bonds. The van der Waals surface area contributed by atoms with E-state index in [1.54, 1.807) is 31.5 Å². The number of methoxy groups -OCH3 is 2. The zero-order valence-corrected chi connectivity index (χ0v) is 26.5. The number of fused-ring (bicyclic) bond motifs is 1. The van der Waals surface area contributed by atoms with Crippen LogP contribution in [0.2, 0.25) is 0 Å². The van der Waals surface area contributed by atoms with Crippen molar-refractivity contribution < 1.29 is 23.5 Å². The van der Waals surface area contributed by atoms with E-state index in [9.17, 15) is 9.59 Å². The molecule has 2 aromatic heterocycles. The van der Waals surface area contributed by atoms with E-state index in [0.29, 0.717) is 42.8 Å². The van der Waals surface area contributed by atoms with Gasteiger partial charge in [-0.3, -0.25) is 24.6 Å². The molecular weight excluding hydrogens is 599 g/mol. The number of benzene rings is 3. The van der Waals surface area contributed by atoms with Crippen LogP contribution < -0.4 is 20.1 Å². The van der Waals surface area contributed by atoms with Gasteiger partial charge < -0.3 is 20.1 Å². The highest BCUT2D eigenvalue weighted by Crippen LogP contribution is 2.29. The smallest absolute Gasteiger partial charge is 0.251 e. The molecule has 1 fully saturated rings. The molecule has 0 saturated carbocycles. The second-order valence-electron chi connectivity index (χ2n) is 11.7. The Balaban J connectivity index is 1.19. The van der Waals surface area contributed by atoms with Gasteiger partial charge in [-0.25, -0.2) is 4.39 Å². The molecule has 242 valence electrons. The third kappa shape index (κ3) is 7.10. The minimum atomic E-state index is -0.528. The quantitative estimate of drug-likeness (QED) is 0.193. The number of H-pyrrole nitrogens is 1. The van der Waals surface area contributed by atoms with Crippen LogP contribution in [0.4, 0.5) is 4.39 Å². The van der Waals surface area contributed by atoms with E-state index in [0.717, 1.165) is 39.2 Å². The van der Waals surface area contributed by atoms with E-state index >= 15 is 4.39 Å². The maximum atomic E-state index is 15.1. The molecule has 6 rings (SSSR count). The van der Waals surface area contributed by atoms with Crippen LogP contribution in [0.15, 0.2) is 79.0 Å². The summed E-state index contributed by atoms with van der Waals surface area (Å²) in [6.07, 6.45) is 2.79. The number of hydrogen-bond donors (Lipinski definition) is 3. The molecule has 0 spiro atoms. The van der Waals surface area contributed by atoms with Gasteiger partial charge in [-0.05, 0) is 79.9 Å². The van der Waals surface area contributed by atoms with Gasteiger partial charge in [0.25, 0.3) is 5.91 Å². The highest BCUT2D eigenvalue weighted by molar-refractivity contribution is 6.01. The predicted molar refractivity (Wildman–Crippen MR) is 177 cm³/mol. The summed E-state index contributed by atoms with van der Waals surface area (Å²) in [4.78, 5) is 33.3. The van der Waals surface area contributed by atoms with Crippen molar-refractivity contribution in [2.75, 3.05) is 20.8 Å². The number of rotatable bonds is 10. The number of nitrogens with zero attached hydrogens (tertiary/aromatic N) is 3. The SMILES string of the molecule is COc1ccc(CNC(=O)[C@@H]2CC[C@@H](NC(=O)c3ccc4[nH]nc(-c5ccnc(C)c5)c4c3)CN2Cc2c(F)cccc2OC)cc1. The van der Waals surface area contributed by atoms with E-state index in [2.05, 4.69) is 25.8 Å².